The molecule has 2 amide bonds. The van der Waals surface area contributed by atoms with E-state index < -0.39 is 24.4 Å². The first-order valence-electron chi connectivity index (χ1n) is 8.67. The van der Waals surface area contributed by atoms with Gasteiger partial charge < -0.3 is 15.0 Å². The number of nitrogens with zero attached hydrogens (tertiary/aromatic N) is 3. The second-order valence-corrected chi connectivity index (χ2v) is 6.69. The van der Waals surface area contributed by atoms with Gasteiger partial charge in [-0.25, -0.2) is 0 Å². The summed E-state index contributed by atoms with van der Waals surface area (Å²) in [7, 11) is 1.71. The van der Waals surface area contributed by atoms with Gasteiger partial charge in [-0.05, 0) is 26.0 Å². The van der Waals surface area contributed by atoms with E-state index in [0.717, 1.165) is 16.9 Å². The molecule has 2 heterocycles. The molecular formula is C19H22N4O4. The zero-order valence-electron chi connectivity index (χ0n) is 15.6. The molecule has 0 saturated carbocycles. The van der Waals surface area contributed by atoms with Crippen molar-refractivity contribution in [1.29, 1.82) is 0 Å². The number of aromatic nitrogens is 2. The average molecular weight is 370 g/mol. The van der Waals surface area contributed by atoms with E-state index in [1.165, 1.54) is 4.68 Å². The molecule has 0 bridgehead atoms. The molecule has 1 fully saturated rings. The lowest BCUT2D eigenvalue weighted by atomic mass is 10.1. The van der Waals surface area contributed by atoms with Crippen molar-refractivity contribution < 1.29 is 19.1 Å². The SMILES string of the molecule is Cc1ccc(N2CC(C(=O)OCC(=O)Nc3cc(C)nn3C)CC2=O)cc1. The lowest BCUT2D eigenvalue weighted by Gasteiger charge is -2.16. The number of hydrogen-bond acceptors (Lipinski definition) is 5. The Bertz CT molecular complexity index is 872. The smallest absolute Gasteiger partial charge is 0.311 e. The standard InChI is InChI=1S/C19H22N4O4/c1-12-4-6-15(7-5-12)23-10-14(9-18(23)25)19(26)27-11-17(24)20-16-8-13(2)21-22(16)3/h4-8,14H,9-11H2,1-3H3,(H,20,24). The molecule has 2 aromatic rings. The molecule has 0 spiro atoms. The highest BCUT2D eigenvalue weighted by Crippen LogP contribution is 2.26. The number of nitrogens with one attached hydrogen (secondary N) is 1. The van der Waals surface area contributed by atoms with E-state index in [1.54, 1.807) is 18.0 Å². The van der Waals surface area contributed by atoms with Crippen LogP contribution in [0.1, 0.15) is 17.7 Å². The van der Waals surface area contributed by atoms with Gasteiger partial charge in [-0.15, -0.1) is 0 Å². The predicted molar refractivity (Wildman–Crippen MR) is 99.2 cm³/mol. The van der Waals surface area contributed by atoms with Crippen LogP contribution in [0.4, 0.5) is 11.5 Å². The van der Waals surface area contributed by atoms with Gasteiger partial charge in [-0.1, -0.05) is 17.7 Å². The number of aryl methyl sites for hydroxylation is 3. The molecule has 1 aliphatic rings. The molecule has 27 heavy (non-hydrogen) atoms. The van der Waals surface area contributed by atoms with Gasteiger partial charge in [0.1, 0.15) is 5.82 Å². The highest BCUT2D eigenvalue weighted by Gasteiger charge is 2.36. The molecule has 1 aliphatic heterocycles. The molecule has 1 aromatic heterocycles. The van der Waals surface area contributed by atoms with Crippen molar-refractivity contribution >= 4 is 29.3 Å². The summed E-state index contributed by atoms with van der Waals surface area (Å²) in [6.45, 7) is 3.63. The Morgan fingerprint density at radius 3 is 2.59 bits per heavy atom. The summed E-state index contributed by atoms with van der Waals surface area (Å²) in [6.07, 6.45) is 0.0786. The lowest BCUT2D eigenvalue weighted by molar-refractivity contribution is -0.151. The summed E-state index contributed by atoms with van der Waals surface area (Å²) < 4.78 is 6.63. The minimum atomic E-state index is -0.578. The fourth-order valence-electron chi connectivity index (χ4n) is 3.00. The summed E-state index contributed by atoms with van der Waals surface area (Å²) in [5, 5.41) is 6.76. The van der Waals surface area contributed by atoms with Crippen molar-refractivity contribution in [3.8, 4) is 0 Å². The first-order chi connectivity index (χ1) is 12.8. The van der Waals surface area contributed by atoms with Crippen LogP contribution in [0.15, 0.2) is 30.3 Å². The number of esters is 1. The molecule has 1 aromatic carbocycles. The number of carbonyl (C=O) groups is 3. The quantitative estimate of drug-likeness (QED) is 0.807. The Morgan fingerprint density at radius 1 is 1.26 bits per heavy atom. The van der Waals surface area contributed by atoms with Gasteiger partial charge in [0.2, 0.25) is 5.91 Å². The van der Waals surface area contributed by atoms with Crippen LogP contribution in [0, 0.1) is 19.8 Å². The Kier molecular flexibility index (Phi) is 5.25. The lowest BCUT2D eigenvalue weighted by Crippen LogP contribution is -2.28. The molecular weight excluding hydrogens is 348 g/mol. The summed E-state index contributed by atoms with van der Waals surface area (Å²) in [5.41, 5.74) is 2.62. The topological polar surface area (TPSA) is 93.5 Å². The first-order valence-corrected chi connectivity index (χ1v) is 8.67. The van der Waals surface area contributed by atoms with Crippen LogP contribution in [0.25, 0.3) is 0 Å². The van der Waals surface area contributed by atoms with Crippen LogP contribution in [0.5, 0.6) is 0 Å². The maximum Gasteiger partial charge on any atom is 0.311 e. The van der Waals surface area contributed by atoms with Crippen molar-refractivity contribution in [3.05, 3.63) is 41.6 Å². The molecule has 1 saturated heterocycles. The van der Waals surface area contributed by atoms with Crippen molar-refractivity contribution in [2.24, 2.45) is 13.0 Å². The van der Waals surface area contributed by atoms with Crippen LogP contribution in [-0.4, -0.2) is 40.7 Å². The van der Waals surface area contributed by atoms with Crippen LogP contribution in [-0.2, 0) is 26.2 Å². The van der Waals surface area contributed by atoms with E-state index in [2.05, 4.69) is 10.4 Å². The number of benzene rings is 1. The first kappa shape index (κ1) is 18.6. The largest absolute Gasteiger partial charge is 0.455 e. The summed E-state index contributed by atoms with van der Waals surface area (Å²) >= 11 is 0. The van der Waals surface area contributed by atoms with E-state index in [0.29, 0.717) is 5.82 Å². The van der Waals surface area contributed by atoms with Crippen LogP contribution >= 0.6 is 0 Å². The normalized spacial score (nSPS) is 16.5. The molecule has 3 rings (SSSR count). The monoisotopic (exact) mass is 370 g/mol. The van der Waals surface area contributed by atoms with Crippen molar-refractivity contribution in [2.75, 3.05) is 23.4 Å². The highest BCUT2D eigenvalue weighted by atomic mass is 16.5. The Morgan fingerprint density at radius 2 is 1.96 bits per heavy atom. The zero-order valence-corrected chi connectivity index (χ0v) is 15.6. The number of hydrogen-bond donors (Lipinski definition) is 1. The number of rotatable bonds is 5. The van der Waals surface area contributed by atoms with Gasteiger partial charge in [-0.2, -0.15) is 5.10 Å². The van der Waals surface area contributed by atoms with E-state index in [1.807, 2.05) is 38.1 Å². The third-order valence-corrected chi connectivity index (χ3v) is 4.42. The fourth-order valence-corrected chi connectivity index (χ4v) is 3.00. The third-order valence-electron chi connectivity index (χ3n) is 4.42. The van der Waals surface area contributed by atoms with Gasteiger partial charge in [0.15, 0.2) is 6.61 Å². The number of anilines is 2. The molecule has 1 N–H and O–H groups in total. The van der Waals surface area contributed by atoms with Gasteiger partial charge in [-0.3, -0.25) is 19.1 Å². The van der Waals surface area contributed by atoms with Gasteiger partial charge in [0, 0.05) is 31.8 Å². The zero-order chi connectivity index (χ0) is 19.6. The Balaban J connectivity index is 1.52. The van der Waals surface area contributed by atoms with Crippen LogP contribution < -0.4 is 10.2 Å². The third kappa shape index (κ3) is 4.33. The van der Waals surface area contributed by atoms with Gasteiger partial charge >= 0.3 is 5.97 Å². The molecule has 8 heteroatoms. The molecule has 0 aliphatic carbocycles. The molecule has 1 atom stereocenters. The maximum atomic E-state index is 12.3. The minimum Gasteiger partial charge on any atom is -0.455 e. The van der Waals surface area contributed by atoms with Crippen LogP contribution in [0.2, 0.25) is 0 Å². The van der Waals surface area contributed by atoms with Crippen LogP contribution in [0.3, 0.4) is 0 Å². The maximum absolute atomic E-state index is 12.3. The highest BCUT2D eigenvalue weighted by molar-refractivity contribution is 6.00. The molecule has 0 radical (unpaired) electrons. The number of amides is 2. The van der Waals surface area contributed by atoms with Gasteiger partial charge in [0.05, 0.1) is 11.6 Å². The summed E-state index contributed by atoms with van der Waals surface area (Å²) in [6, 6.07) is 9.25. The molecule has 142 valence electrons. The second kappa shape index (κ2) is 7.61. The minimum absolute atomic E-state index is 0.0786. The summed E-state index contributed by atoms with van der Waals surface area (Å²) in [4.78, 5) is 38.0. The van der Waals surface area contributed by atoms with Gasteiger partial charge in [0.25, 0.3) is 5.91 Å². The van der Waals surface area contributed by atoms with Crippen molar-refractivity contribution in [2.45, 2.75) is 20.3 Å². The number of carbonyl (C=O) groups excluding carboxylic acids is 3. The van der Waals surface area contributed by atoms with E-state index in [-0.39, 0.29) is 18.9 Å². The van der Waals surface area contributed by atoms with E-state index in [4.69, 9.17) is 4.74 Å². The Hall–Kier alpha value is -3.16. The summed E-state index contributed by atoms with van der Waals surface area (Å²) in [5.74, 6) is -1.18. The predicted octanol–water partition coefficient (Wildman–Crippen LogP) is 1.57. The Labute approximate surface area is 157 Å². The van der Waals surface area contributed by atoms with E-state index >= 15 is 0 Å². The molecule has 1 unspecified atom stereocenters. The average Bonchev–Trinajstić information content (AvgIpc) is 3.15. The molecule has 8 nitrogen and oxygen atoms in total. The fraction of sp³-hybridized carbons (Fsp3) is 0.368. The van der Waals surface area contributed by atoms with E-state index in [9.17, 15) is 14.4 Å². The van der Waals surface area contributed by atoms with Crippen molar-refractivity contribution in [3.63, 3.8) is 0 Å². The number of ether oxygens (including phenoxy) is 1. The second-order valence-electron chi connectivity index (χ2n) is 6.69. The van der Waals surface area contributed by atoms with Crippen molar-refractivity contribution in [1.82, 2.24) is 9.78 Å².